The number of hydrogen-bond donors (Lipinski definition) is 0. The number of ether oxygens (including phenoxy) is 1. The van der Waals surface area contributed by atoms with Crippen LogP contribution in [0.2, 0.25) is 0 Å². The Morgan fingerprint density at radius 2 is 1.91 bits per heavy atom. The van der Waals surface area contributed by atoms with Crippen molar-refractivity contribution < 1.29 is 9.53 Å². The predicted molar refractivity (Wildman–Crippen MR) is 83.7 cm³/mol. The largest absolute Gasteiger partial charge is 0.383 e. The van der Waals surface area contributed by atoms with Crippen LogP contribution in [0.1, 0.15) is 25.0 Å². The highest BCUT2D eigenvalue weighted by Crippen LogP contribution is 2.42. The van der Waals surface area contributed by atoms with Gasteiger partial charge in [0.2, 0.25) is 5.91 Å². The number of amides is 1. The van der Waals surface area contributed by atoms with Gasteiger partial charge < -0.3 is 14.5 Å². The molecule has 0 bridgehead atoms. The molecule has 0 aliphatic carbocycles. The maximum absolute atomic E-state index is 12.7. The normalized spacial score (nSPS) is 20.9. The predicted octanol–water partition coefficient (Wildman–Crippen LogP) is 1.25. The molecule has 6 heteroatoms. The number of likely N-dealkylation sites (tertiary alicyclic amines) is 1. The summed E-state index contributed by atoms with van der Waals surface area (Å²) < 4.78 is 5.10. The van der Waals surface area contributed by atoms with E-state index in [-0.39, 0.29) is 5.41 Å². The number of aromatic nitrogens is 2. The maximum atomic E-state index is 12.7. The molecule has 3 rings (SSSR count). The van der Waals surface area contributed by atoms with Gasteiger partial charge in [-0.25, -0.2) is 0 Å². The Hall–Kier alpha value is -1.69. The molecule has 22 heavy (non-hydrogen) atoms. The smallest absolute Gasteiger partial charge is 0.229 e. The number of piperidine rings is 1. The molecular weight excluding hydrogens is 280 g/mol. The van der Waals surface area contributed by atoms with Gasteiger partial charge in [0, 0.05) is 33.3 Å². The summed E-state index contributed by atoms with van der Waals surface area (Å²) in [5.41, 5.74) is 0.777. The third-order valence-corrected chi connectivity index (χ3v) is 4.99. The van der Waals surface area contributed by atoms with E-state index in [2.05, 4.69) is 15.1 Å². The number of hydrogen-bond acceptors (Lipinski definition) is 5. The minimum absolute atomic E-state index is 0.150. The molecule has 1 aromatic heterocycles. The molecule has 0 atom stereocenters. The molecule has 2 fully saturated rings. The van der Waals surface area contributed by atoms with Gasteiger partial charge in [0.25, 0.3) is 0 Å². The Kier molecular flexibility index (Phi) is 4.29. The van der Waals surface area contributed by atoms with Crippen molar-refractivity contribution >= 4 is 11.7 Å². The van der Waals surface area contributed by atoms with Crippen molar-refractivity contribution in [2.75, 3.05) is 44.8 Å². The zero-order valence-corrected chi connectivity index (χ0v) is 13.4. The summed E-state index contributed by atoms with van der Waals surface area (Å²) in [6, 6.07) is 4.00. The van der Waals surface area contributed by atoms with Gasteiger partial charge in [-0.05, 0) is 38.3 Å². The Bertz CT molecular complexity index is 523. The number of carbonyl (C=O) groups is 1. The number of carbonyl (C=O) groups excluding carboxylic acids is 1. The minimum atomic E-state index is -0.150. The van der Waals surface area contributed by atoms with Crippen LogP contribution >= 0.6 is 0 Å². The summed E-state index contributed by atoms with van der Waals surface area (Å²) in [4.78, 5) is 16.9. The highest BCUT2D eigenvalue weighted by atomic mass is 16.5. The van der Waals surface area contributed by atoms with Gasteiger partial charge in [-0.15, -0.1) is 5.10 Å². The van der Waals surface area contributed by atoms with E-state index in [0.717, 1.165) is 50.4 Å². The van der Waals surface area contributed by atoms with Crippen LogP contribution in [0.15, 0.2) is 12.1 Å². The lowest BCUT2D eigenvalue weighted by Gasteiger charge is -2.38. The average molecular weight is 304 g/mol. The summed E-state index contributed by atoms with van der Waals surface area (Å²) in [5.74, 6) is 1.24. The first-order valence-electron chi connectivity index (χ1n) is 7.98. The van der Waals surface area contributed by atoms with Crippen LogP contribution < -0.4 is 4.90 Å². The number of rotatable bonds is 4. The summed E-state index contributed by atoms with van der Waals surface area (Å²) in [6.45, 7) is 5.89. The van der Waals surface area contributed by atoms with E-state index in [4.69, 9.17) is 4.74 Å². The summed E-state index contributed by atoms with van der Waals surface area (Å²) in [5, 5.41) is 8.38. The fourth-order valence-corrected chi connectivity index (χ4v) is 3.50. The lowest BCUT2D eigenvalue weighted by atomic mass is 9.77. The first-order valence-corrected chi connectivity index (χ1v) is 7.98. The van der Waals surface area contributed by atoms with Crippen molar-refractivity contribution in [1.82, 2.24) is 15.1 Å². The molecule has 2 aliphatic rings. The number of nitrogens with zero attached hydrogens (tertiary/aromatic N) is 4. The van der Waals surface area contributed by atoms with Crippen molar-refractivity contribution in [3.8, 4) is 0 Å². The SMILES string of the molecule is COCCN1CCC2(CCN(c3ccc(C)nn3)CC2)C1=O. The molecule has 1 amide bonds. The summed E-state index contributed by atoms with van der Waals surface area (Å²) >= 11 is 0. The summed E-state index contributed by atoms with van der Waals surface area (Å²) in [7, 11) is 1.68. The van der Waals surface area contributed by atoms with Crippen molar-refractivity contribution in [1.29, 1.82) is 0 Å². The van der Waals surface area contributed by atoms with Crippen LogP contribution in [0, 0.1) is 12.3 Å². The molecule has 3 heterocycles. The first-order chi connectivity index (χ1) is 10.6. The van der Waals surface area contributed by atoms with Crippen molar-refractivity contribution in [2.24, 2.45) is 5.41 Å². The second-order valence-electron chi connectivity index (χ2n) is 6.34. The van der Waals surface area contributed by atoms with E-state index in [1.807, 2.05) is 24.0 Å². The number of methoxy groups -OCH3 is 1. The zero-order chi connectivity index (χ0) is 15.6. The van der Waals surface area contributed by atoms with E-state index >= 15 is 0 Å². The molecule has 0 unspecified atom stereocenters. The third kappa shape index (κ3) is 2.79. The molecule has 1 aromatic rings. The van der Waals surface area contributed by atoms with Crippen molar-refractivity contribution in [3.63, 3.8) is 0 Å². The van der Waals surface area contributed by atoms with E-state index in [1.165, 1.54) is 0 Å². The Labute approximate surface area is 131 Å². The van der Waals surface area contributed by atoms with Crippen LogP contribution in [-0.2, 0) is 9.53 Å². The molecule has 2 saturated heterocycles. The van der Waals surface area contributed by atoms with Crippen LogP contribution in [0.25, 0.3) is 0 Å². The molecule has 1 spiro atoms. The highest BCUT2D eigenvalue weighted by molar-refractivity contribution is 5.85. The molecule has 0 N–H and O–H groups in total. The van der Waals surface area contributed by atoms with Gasteiger partial charge in [0.15, 0.2) is 5.82 Å². The monoisotopic (exact) mass is 304 g/mol. The molecule has 6 nitrogen and oxygen atoms in total. The van der Waals surface area contributed by atoms with Crippen molar-refractivity contribution in [3.05, 3.63) is 17.8 Å². The number of anilines is 1. The van der Waals surface area contributed by atoms with Gasteiger partial charge in [-0.3, -0.25) is 4.79 Å². The average Bonchev–Trinajstić information content (AvgIpc) is 2.84. The molecule has 0 aromatic carbocycles. The van der Waals surface area contributed by atoms with E-state index in [9.17, 15) is 4.79 Å². The van der Waals surface area contributed by atoms with Gasteiger partial charge in [-0.1, -0.05) is 0 Å². The van der Waals surface area contributed by atoms with E-state index in [1.54, 1.807) is 7.11 Å². The first kappa shape index (κ1) is 15.2. The van der Waals surface area contributed by atoms with Crippen LogP contribution in [0.4, 0.5) is 5.82 Å². The van der Waals surface area contributed by atoms with E-state index in [0.29, 0.717) is 19.1 Å². The van der Waals surface area contributed by atoms with Crippen molar-refractivity contribution in [2.45, 2.75) is 26.2 Å². The second-order valence-corrected chi connectivity index (χ2v) is 6.34. The number of aryl methyl sites for hydroxylation is 1. The van der Waals surface area contributed by atoms with Crippen LogP contribution in [-0.4, -0.2) is 60.9 Å². The fourth-order valence-electron chi connectivity index (χ4n) is 3.50. The van der Waals surface area contributed by atoms with Gasteiger partial charge in [0.05, 0.1) is 17.7 Å². The Balaban J connectivity index is 1.61. The molecular formula is C16H24N4O2. The summed E-state index contributed by atoms with van der Waals surface area (Å²) in [6.07, 6.45) is 2.79. The fraction of sp³-hybridized carbons (Fsp3) is 0.688. The standard InChI is InChI=1S/C16H24N4O2/c1-13-3-4-14(18-17-13)19-8-5-16(6-9-19)7-10-20(15(16)21)11-12-22-2/h3-4H,5-12H2,1-2H3. The minimum Gasteiger partial charge on any atom is -0.383 e. The van der Waals surface area contributed by atoms with E-state index < -0.39 is 0 Å². The molecule has 0 saturated carbocycles. The Morgan fingerprint density at radius 3 is 2.55 bits per heavy atom. The molecule has 120 valence electrons. The van der Waals surface area contributed by atoms with Gasteiger partial charge in [-0.2, -0.15) is 5.10 Å². The highest BCUT2D eigenvalue weighted by Gasteiger charge is 2.47. The quantitative estimate of drug-likeness (QED) is 0.838. The lowest BCUT2D eigenvalue weighted by molar-refractivity contribution is -0.137. The van der Waals surface area contributed by atoms with Crippen LogP contribution in [0.3, 0.4) is 0 Å². The van der Waals surface area contributed by atoms with Gasteiger partial charge in [0.1, 0.15) is 0 Å². The molecule has 2 aliphatic heterocycles. The van der Waals surface area contributed by atoms with Crippen LogP contribution in [0.5, 0.6) is 0 Å². The zero-order valence-electron chi connectivity index (χ0n) is 13.4. The maximum Gasteiger partial charge on any atom is 0.229 e. The Morgan fingerprint density at radius 1 is 1.18 bits per heavy atom. The lowest BCUT2D eigenvalue weighted by Crippen LogP contribution is -2.45. The third-order valence-electron chi connectivity index (χ3n) is 4.99. The molecule has 0 radical (unpaired) electrons. The topological polar surface area (TPSA) is 58.6 Å². The van der Waals surface area contributed by atoms with Gasteiger partial charge >= 0.3 is 0 Å². The second kappa shape index (κ2) is 6.20.